The number of thioether (sulfide) groups is 1. The maximum absolute atomic E-state index is 13.8. The number of nitrogens with zero attached hydrogens (tertiary/aromatic N) is 4. The van der Waals surface area contributed by atoms with Gasteiger partial charge in [-0.1, -0.05) is 30.0 Å². The van der Waals surface area contributed by atoms with Gasteiger partial charge in [-0.15, -0.1) is 10.2 Å². The van der Waals surface area contributed by atoms with Crippen LogP contribution in [0.3, 0.4) is 0 Å². The molecule has 0 bridgehead atoms. The number of nitrogens with two attached hydrogens (primary N) is 1. The minimum atomic E-state index is -3.46. The topological polar surface area (TPSA) is 103 Å². The Morgan fingerprint density at radius 3 is 2.50 bits per heavy atom. The van der Waals surface area contributed by atoms with E-state index in [0.29, 0.717) is 34.7 Å². The van der Waals surface area contributed by atoms with Crippen molar-refractivity contribution in [3.8, 4) is 5.75 Å². The van der Waals surface area contributed by atoms with Gasteiger partial charge in [0.2, 0.25) is 15.2 Å². The zero-order valence-electron chi connectivity index (χ0n) is 16.5. The molecular formula is C19H22FN5O3S2. The van der Waals surface area contributed by atoms with E-state index in [1.807, 2.05) is 0 Å². The summed E-state index contributed by atoms with van der Waals surface area (Å²) in [4.78, 5) is 0.202. The number of hydrogen-bond donors (Lipinski definition) is 1. The molecule has 0 amide bonds. The minimum Gasteiger partial charge on any atom is -0.493 e. The van der Waals surface area contributed by atoms with Crippen LogP contribution in [0.5, 0.6) is 5.75 Å². The summed E-state index contributed by atoms with van der Waals surface area (Å²) in [5.74, 6) is 7.28. The second kappa shape index (κ2) is 9.45. The quantitative estimate of drug-likeness (QED) is 0.302. The summed E-state index contributed by atoms with van der Waals surface area (Å²) in [7, 11) is -0.502. The molecule has 2 aromatic carbocycles. The van der Waals surface area contributed by atoms with E-state index >= 15 is 0 Å². The van der Waals surface area contributed by atoms with Gasteiger partial charge in [0.25, 0.3) is 0 Å². The Hall–Kier alpha value is -2.63. The first-order valence-corrected chi connectivity index (χ1v) is 11.4. The number of benzene rings is 2. The Morgan fingerprint density at radius 2 is 1.83 bits per heavy atom. The van der Waals surface area contributed by atoms with Gasteiger partial charge in [-0.05, 0) is 35.9 Å². The molecule has 0 atom stereocenters. The summed E-state index contributed by atoms with van der Waals surface area (Å²) in [6.07, 6.45) is 0.245. The molecule has 1 aromatic heterocycles. The van der Waals surface area contributed by atoms with Gasteiger partial charge in [-0.25, -0.2) is 21.8 Å². The highest BCUT2D eigenvalue weighted by Crippen LogP contribution is 2.20. The Bertz CT molecular complexity index is 1100. The Morgan fingerprint density at radius 1 is 1.13 bits per heavy atom. The van der Waals surface area contributed by atoms with E-state index in [9.17, 15) is 12.8 Å². The average Bonchev–Trinajstić information content (AvgIpc) is 3.07. The van der Waals surface area contributed by atoms with Gasteiger partial charge in [0.1, 0.15) is 11.6 Å². The van der Waals surface area contributed by atoms with E-state index in [-0.39, 0.29) is 17.1 Å². The van der Waals surface area contributed by atoms with E-state index in [2.05, 4.69) is 10.2 Å². The molecule has 3 rings (SSSR count). The van der Waals surface area contributed by atoms with Gasteiger partial charge in [0.15, 0.2) is 5.82 Å². The van der Waals surface area contributed by atoms with Crippen LogP contribution in [0.2, 0.25) is 0 Å². The molecule has 0 unspecified atom stereocenters. The number of rotatable bonds is 9. The Labute approximate surface area is 178 Å². The van der Waals surface area contributed by atoms with Crippen LogP contribution in [0.4, 0.5) is 4.39 Å². The number of hydrogen-bond acceptors (Lipinski definition) is 7. The van der Waals surface area contributed by atoms with Crippen molar-refractivity contribution in [3.63, 3.8) is 0 Å². The molecule has 2 N–H and O–H groups in total. The highest BCUT2D eigenvalue weighted by molar-refractivity contribution is 7.99. The van der Waals surface area contributed by atoms with Crippen LogP contribution in [0, 0.1) is 5.82 Å². The van der Waals surface area contributed by atoms with E-state index < -0.39 is 10.0 Å². The predicted molar refractivity (Wildman–Crippen MR) is 113 cm³/mol. The molecule has 3 aromatic rings. The fourth-order valence-electron chi connectivity index (χ4n) is 2.55. The smallest absolute Gasteiger partial charge is 0.242 e. The summed E-state index contributed by atoms with van der Waals surface area (Å²) >= 11 is 1.36. The van der Waals surface area contributed by atoms with Crippen molar-refractivity contribution in [1.82, 2.24) is 19.2 Å². The van der Waals surface area contributed by atoms with Crippen LogP contribution < -0.4 is 10.6 Å². The lowest BCUT2D eigenvalue weighted by atomic mass is 10.1. The summed E-state index contributed by atoms with van der Waals surface area (Å²) in [5, 5.41) is 8.58. The third-order valence-corrected chi connectivity index (χ3v) is 6.96. The molecule has 1 heterocycles. The van der Waals surface area contributed by atoms with Crippen LogP contribution in [0.15, 0.2) is 58.6 Å². The fourth-order valence-corrected chi connectivity index (χ4v) is 4.14. The average molecular weight is 452 g/mol. The van der Waals surface area contributed by atoms with E-state index in [4.69, 9.17) is 10.6 Å². The lowest BCUT2D eigenvalue weighted by Gasteiger charge is -2.12. The molecule has 30 heavy (non-hydrogen) atoms. The van der Waals surface area contributed by atoms with Crippen LogP contribution in [0.25, 0.3) is 0 Å². The number of nitrogen functional groups attached to an aromatic ring is 1. The largest absolute Gasteiger partial charge is 0.493 e. The highest BCUT2D eigenvalue weighted by Gasteiger charge is 2.17. The van der Waals surface area contributed by atoms with Gasteiger partial charge in [-0.3, -0.25) is 0 Å². The van der Waals surface area contributed by atoms with E-state index in [0.717, 1.165) is 4.31 Å². The molecule has 11 heteroatoms. The highest BCUT2D eigenvalue weighted by atomic mass is 32.2. The predicted octanol–water partition coefficient (Wildman–Crippen LogP) is 2.14. The van der Waals surface area contributed by atoms with Gasteiger partial charge in [0.05, 0.1) is 11.5 Å². The third-order valence-electron chi connectivity index (χ3n) is 4.23. The SMILES string of the molecule is CN(C)S(=O)(=O)c1ccc(OCCSc2nnc(Cc3ccccc3F)n2N)cc1. The summed E-state index contributed by atoms with van der Waals surface area (Å²) in [5.41, 5.74) is 0.496. The van der Waals surface area contributed by atoms with Crippen molar-refractivity contribution in [3.05, 3.63) is 65.7 Å². The van der Waals surface area contributed by atoms with Gasteiger partial charge in [0, 0.05) is 26.3 Å². The number of sulfonamides is 1. The number of aromatic nitrogens is 3. The van der Waals surface area contributed by atoms with Crippen LogP contribution in [0.1, 0.15) is 11.4 Å². The minimum absolute atomic E-state index is 0.202. The van der Waals surface area contributed by atoms with E-state index in [1.165, 1.54) is 48.7 Å². The standard InChI is InChI=1S/C19H22FN5O3S2/c1-24(2)30(26,27)16-9-7-15(8-10-16)28-11-12-29-19-23-22-18(25(19)21)13-14-5-3-4-6-17(14)20/h3-10H,11-13,21H2,1-2H3. The lowest BCUT2D eigenvalue weighted by Crippen LogP contribution is -2.22. The Kier molecular flexibility index (Phi) is 6.95. The summed E-state index contributed by atoms with van der Waals surface area (Å²) in [6.45, 7) is 0.361. The van der Waals surface area contributed by atoms with Gasteiger partial charge < -0.3 is 10.6 Å². The third kappa shape index (κ3) is 5.10. The zero-order chi connectivity index (χ0) is 21.7. The molecule has 0 saturated heterocycles. The molecule has 0 aliphatic rings. The number of halogens is 1. The maximum atomic E-state index is 13.8. The van der Waals surface area contributed by atoms with Gasteiger partial charge in [-0.2, -0.15) is 0 Å². The molecule has 0 aliphatic carbocycles. The van der Waals surface area contributed by atoms with Crippen molar-refractivity contribution >= 4 is 21.8 Å². The van der Waals surface area contributed by atoms with Crippen LogP contribution >= 0.6 is 11.8 Å². The molecule has 0 aliphatic heterocycles. The van der Waals surface area contributed by atoms with Crippen molar-refractivity contribution in [2.45, 2.75) is 16.5 Å². The van der Waals surface area contributed by atoms with Crippen molar-refractivity contribution in [2.24, 2.45) is 0 Å². The first-order chi connectivity index (χ1) is 14.3. The molecule has 0 saturated carbocycles. The molecular weight excluding hydrogens is 429 g/mol. The Balaban J connectivity index is 1.51. The molecule has 8 nitrogen and oxygen atoms in total. The van der Waals surface area contributed by atoms with Crippen molar-refractivity contribution in [1.29, 1.82) is 0 Å². The first kappa shape index (κ1) is 22.1. The van der Waals surface area contributed by atoms with Crippen molar-refractivity contribution in [2.75, 3.05) is 32.3 Å². The number of ether oxygens (including phenoxy) is 1. The second-order valence-corrected chi connectivity index (χ2v) is 9.71. The maximum Gasteiger partial charge on any atom is 0.242 e. The van der Waals surface area contributed by atoms with E-state index in [1.54, 1.807) is 30.3 Å². The van der Waals surface area contributed by atoms with Crippen LogP contribution in [-0.4, -0.2) is 54.1 Å². The summed E-state index contributed by atoms with van der Waals surface area (Å²) < 4.78 is 46.1. The lowest BCUT2D eigenvalue weighted by molar-refractivity contribution is 0.343. The van der Waals surface area contributed by atoms with Gasteiger partial charge >= 0.3 is 0 Å². The molecule has 0 radical (unpaired) electrons. The zero-order valence-corrected chi connectivity index (χ0v) is 18.2. The fraction of sp³-hybridized carbons (Fsp3) is 0.263. The molecule has 0 fully saturated rings. The molecule has 160 valence electrons. The normalized spacial score (nSPS) is 11.7. The monoisotopic (exact) mass is 451 g/mol. The first-order valence-electron chi connectivity index (χ1n) is 9.00. The van der Waals surface area contributed by atoms with Crippen LogP contribution in [-0.2, 0) is 16.4 Å². The summed E-state index contributed by atoms with van der Waals surface area (Å²) in [6, 6.07) is 12.7. The second-order valence-electron chi connectivity index (χ2n) is 6.49. The molecule has 0 spiro atoms. The van der Waals surface area contributed by atoms with Crippen molar-refractivity contribution < 1.29 is 17.5 Å².